The van der Waals surface area contributed by atoms with Crippen LogP contribution in [0.5, 0.6) is 5.75 Å². The van der Waals surface area contributed by atoms with E-state index in [9.17, 15) is 9.59 Å². The van der Waals surface area contributed by atoms with E-state index in [-0.39, 0.29) is 29.2 Å². The molecule has 33 heavy (non-hydrogen) atoms. The Morgan fingerprint density at radius 1 is 1.27 bits per heavy atom. The maximum Gasteiger partial charge on any atom is 0.288 e. The van der Waals surface area contributed by atoms with E-state index in [1.165, 1.54) is 0 Å². The molecule has 174 valence electrons. The average molecular weight is 455 g/mol. The second kappa shape index (κ2) is 8.58. The molecule has 2 aromatic rings. The van der Waals surface area contributed by atoms with Crippen LogP contribution in [0.1, 0.15) is 34.7 Å². The van der Waals surface area contributed by atoms with Crippen LogP contribution in [0.4, 0.5) is 15.8 Å². The second-order valence-electron chi connectivity index (χ2n) is 8.78. The van der Waals surface area contributed by atoms with Gasteiger partial charge >= 0.3 is 0 Å². The molecule has 2 aliphatic heterocycles. The summed E-state index contributed by atoms with van der Waals surface area (Å²) in [5, 5.41) is 5.25. The van der Waals surface area contributed by atoms with Crippen molar-refractivity contribution in [3.8, 4) is 5.75 Å². The molecule has 9 nitrogen and oxygen atoms in total. The summed E-state index contributed by atoms with van der Waals surface area (Å²) < 4.78 is 21.0. The highest BCUT2D eigenvalue weighted by Crippen LogP contribution is 2.41. The zero-order valence-corrected chi connectivity index (χ0v) is 18.7. The van der Waals surface area contributed by atoms with Gasteiger partial charge in [-0.2, -0.15) is 0 Å². The molecule has 0 radical (unpaired) electrons. The highest BCUT2D eigenvalue weighted by molar-refractivity contribution is 5.98. The van der Waals surface area contributed by atoms with Gasteiger partial charge in [-0.3, -0.25) is 14.5 Å². The number of carbonyl (C=O) groups excluding carboxylic acids is 2. The third-order valence-electron chi connectivity index (χ3n) is 6.48. The normalized spacial score (nSPS) is 20.6. The van der Waals surface area contributed by atoms with Gasteiger partial charge < -0.3 is 20.3 Å². The highest BCUT2D eigenvalue weighted by Gasteiger charge is 2.41. The maximum absolute atomic E-state index is 15.2. The zero-order valence-electron chi connectivity index (χ0n) is 18.7. The van der Waals surface area contributed by atoms with E-state index in [2.05, 4.69) is 30.4 Å². The fraction of sp³-hybridized carbons (Fsp3) is 0.478. The molecule has 3 aliphatic rings. The summed E-state index contributed by atoms with van der Waals surface area (Å²) >= 11 is 0. The number of ether oxygens (including phenoxy) is 1. The van der Waals surface area contributed by atoms with Gasteiger partial charge in [0.2, 0.25) is 5.82 Å². The average Bonchev–Trinajstić information content (AvgIpc) is 3.66. The van der Waals surface area contributed by atoms with Gasteiger partial charge in [0, 0.05) is 51.3 Å². The predicted molar refractivity (Wildman–Crippen MR) is 120 cm³/mol. The number of hydrogen-bond donors (Lipinski definition) is 2. The Bertz CT molecular complexity index is 1100. The van der Waals surface area contributed by atoms with Crippen molar-refractivity contribution in [1.29, 1.82) is 0 Å². The van der Waals surface area contributed by atoms with Crippen LogP contribution < -0.4 is 20.3 Å². The van der Waals surface area contributed by atoms with Crippen LogP contribution in [-0.4, -0.2) is 66.0 Å². The van der Waals surface area contributed by atoms with Crippen LogP contribution in [0, 0.1) is 18.7 Å². The van der Waals surface area contributed by atoms with E-state index in [1.807, 2.05) is 6.92 Å². The van der Waals surface area contributed by atoms with Crippen LogP contribution in [0.3, 0.4) is 0 Å². The van der Waals surface area contributed by atoms with Gasteiger partial charge in [-0.05, 0) is 25.8 Å². The van der Waals surface area contributed by atoms with Crippen molar-refractivity contribution in [2.75, 3.05) is 43.4 Å². The summed E-state index contributed by atoms with van der Waals surface area (Å²) in [6, 6.07) is 3.50. The number of piperazine rings is 1. The molecule has 1 unspecified atom stereocenters. The van der Waals surface area contributed by atoms with Crippen LogP contribution in [0.15, 0.2) is 18.3 Å². The topological polar surface area (TPSA) is 99.7 Å². The lowest BCUT2D eigenvalue weighted by Gasteiger charge is -2.36. The minimum absolute atomic E-state index is 0.150. The lowest BCUT2D eigenvalue weighted by Crippen LogP contribution is -2.46. The Labute approximate surface area is 191 Å². The Morgan fingerprint density at radius 2 is 2.03 bits per heavy atom. The van der Waals surface area contributed by atoms with E-state index in [0.29, 0.717) is 17.9 Å². The van der Waals surface area contributed by atoms with Gasteiger partial charge in [-0.25, -0.2) is 14.4 Å². The van der Waals surface area contributed by atoms with E-state index < -0.39 is 11.9 Å². The van der Waals surface area contributed by atoms with Gasteiger partial charge in [-0.1, -0.05) is 6.07 Å². The molecule has 2 amide bonds. The Kier molecular flexibility index (Phi) is 5.61. The maximum atomic E-state index is 15.2. The molecule has 1 aromatic carbocycles. The fourth-order valence-corrected chi connectivity index (χ4v) is 4.41. The molecule has 10 heteroatoms. The summed E-state index contributed by atoms with van der Waals surface area (Å²) in [4.78, 5) is 36.9. The minimum Gasteiger partial charge on any atom is -0.478 e. The molecule has 2 N–H and O–H groups in total. The summed E-state index contributed by atoms with van der Waals surface area (Å²) in [6.07, 6.45) is 3.13. The van der Waals surface area contributed by atoms with Crippen LogP contribution in [-0.2, 0) is 11.3 Å². The second-order valence-corrected chi connectivity index (χ2v) is 8.78. The molecule has 1 saturated carbocycles. The first kappa shape index (κ1) is 21.6. The minimum atomic E-state index is -0.506. The third kappa shape index (κ3) is 4.22. The Balaban J connectivity index is 1.23. The van der Waals surface area contributed by atoms with Crippen molar-refractivity contribution in [2.45, 2.75) is 32.4 Å². The number of fused-ring (bicyclic) bond motifs is 1. The molecule has 0 spiro atoms. The largest absolute Gasteiger partial charge is 0.478 e. The number of hydrogen-bond acceptors (Lipinski definition) is 7. The first-order valence-electron chi connectivity index (χ1n) is 11.3. The number of carbonyl (C=O) groups is 2. The number of aromatic nitrogens is 2. The number of amides is 2. The van der Waals surface area contributed by atoms with Crippen LogP contribution in [0.2, 0.25) is 0 Å². The Hall–Kier alpha value is -3.27. The molecule has 1 aliphatic carbocycles. The van der Waals surface area contributed by atoms with Crippen molar-refractivity contribution in [1.82, 2.24) is 20.2 Å². The summed E-state index contributed by atoms with van der Waals surface area (Å²) in [5.41, 5.74) is 2.33. The molecule has 1 saturated heterocycles. The first-order valence-corrected chi connectivity index (χ1v) is 11.3. The van der Waals surface area contributed by atoms with Crippen molar-refractivity contribution >= 4 is 23.2 Å². The van der Waals surface area contributed by atoms with Crippen LogP contribution in [0.25, 0.3) is 0 Å². The number of halogens is 1. The zero-order chi connectivity index (χ0) is 23.1. The van der Waals surface area contributed by atoms with Crippen molar-refractivity contribution in [2.24, 2.45) is 5.92 Å². The number of nitrogens with one attached hydrogen (secondary N) is 2. The van der Waals surface area contributed by atoms with E-state index >= 15 is 4.39 Å². The third-order valence-corrected chi connectivity index (χ3v) is 6.48. The predicted octanol–water partition coefficient (Wildman–Crippen LogP) is 1.72. The van der Waals surface area contributed by atoms with Crippen molar-refractivity contribution < 1.29 is 18.7 Å². The van der Waals surface area contributed by atoms with Gasteiger partial charge in [0.25, 0.3) is 11.8 Å². The number of anilines is 2. The van der Waals surface area contributed by atoms with Crippen LogP contribution >= 0.6 is 0 Å². The molecule has 1 atom stereocenters. The number of aryl methyl sites for hydroxylation is 1. The lowest BCUT2D eigenvalue weighted by atomic mass is 10.1. The van der Waals surface area contributed by atoms with Gasteiger partial charge in [0.1, 0.15) is 11.4 Å². The highest BCUT2D eigenvalue weighted by atomic mass is 19.1. The van der Waals surface area contributed by atoms with Gasteiger partial charge in [0.15, 0.2) is 11.9 Å². The summed E-state index contributed by atoms with van der Waals surface area (Å²) in [7, 11) is 1.55. The Morgan fingerprint density at radius 3 is 2.70 bits per heavy atom. The van der Waals surface area contributed by atoms with Gasteiger partial charge in [0.05, 0.1) is 17.6 Å². The standard InChI is InChI=1S/C23H27FN6O3/c1-13-16(11-26-21(27-13)23(32)25-2)30-9-7-29(8-10-30)12-15-5-6-17-19(18(15)24)28-22(31)20(33-17)14-3-4-14/h5-6,11,14,20H,3-4,7-10,12H2,1-2H3,(H,25,32)(H,28,31). The molecular formula is C23H27FN6O3. The number of nitrogens with zero attached hydrogens (tertiary/aromatic N) is 4. The fourth-order valence-electron chi connectivity index (χ4n) is 4.41. The monoisotopic (exact) mass is 454 g/mol. The van der Waals surface area contributed by atoms with E-state index in [4.69, 9.17) is 4.74 Å². The molecule has 3 heterocycles. The van der Waals surface area contributed by atoms with Crippen molar-refractivity contribution in [3.63, 3.8) is 0 Å². The quantitative estimate of drug-likeness (QED) is 0.710. The lowest BCUT2D eigenvalue weighted by molar-refractivity contribution is -0.124. The molecule has 1 aromatic heterocycles. The molecule has 0 bridgehead atoms. The summed E-state index contributed by atoms with van der Waals surface area (Å²) in [6.45, 7) is 5.25. The first-order chi connectivity index (χ1) is 15.9. The number of rotatable bonds is 5. The summed E-state index contributed by atoms with van der Waals surface area (Å²) in [5.74, 6) is -0.188. The molecule has 2 fully saturated rings. The van der Waals surface area contributed by atoms with Gasteiger partial charge in [-0.15, -0.1) is 0 Å². The SMILES string of the molecule is CNC(=O)c1ncc(N2CCN(Cc3ccc4c(c3F)NC(=O)C(C3CC3)O4)CC2)c(C)n1. The molecular weight excluding hydrogens is 427 g/mol. The number of benzene rings is 1. The molecule has 5 rings (SSSR count). The smallest absolute Gasteiger partial charge is 0.288 e. The van der Waals surface area contributed by atoms with E-state index in [0.717, 1.165) is 50.4 Å². The van der Waals surface area contributed by atoms with Crippen molar-refractivity contribution in [3.05, 3.63) is 41.2 Å². The van der Waals surface area contributed by atoms with E-state index in [1.54, 1.807) is 25.4 Å².